The van der Waals surface area contributed by atoms with Crippen molar-refractivity contribution in [1.82, 2.24) is 9.97 Å². The zero-order valence-corrected chi connectivity index (χ0v) is 11.0. The van der Waals surface area contributed by atoms with E-state index in [2.05, 4.69) is 9.97 Å². The van der Waals surface area contributed by atoms with Crippen molar-refractivity contribution in [3.63, 3.8) is 0 Å². The maximum atomic E-state index is 13.4. The van der Waals surface area contributed by atoms with Crippen LogP contribution in [0.25, 0.3) is 31.7 Å². The Bertz CT molecular complexity index is 909. The maximum absolute atomic E-state index is 13.4. The van der Waals surface area contributed by atoms with Crippen LogP contribution in [0.15, 0.2) is 42.5 Å². The van der Waals surface area contributed by atoms with Crippen molar-refractivity contribution in [3.05, 3.63) is 48.3 Å². The summed E-state index contributed by atoms with van der Waals surface area (Å²) in [5.74, 6) is -0.316. The summed E-state index contributed by atoms with van der Waals surface area (Å²) in [7, 11) is 0. The van der Waals surface area contributed by atoms with E-state index in [4.69, 9.17) is 0 Å². The van der Waals surface area contributed by atoms with Crippen LogP contribution in [0.3, 0.4) is 0 Å². The third-order valence-electron chi connectivity index (χ3n) is 3.25. The molecule has 5 heteroatoms. The summed E-state index contributed by atoms with van der Waals surface area (Å²) in [5, 5.41) is 11.4. The molecule has 0 fully saturated rings. The summed E-state index contributed by atoms with van der Waals surface area (Å²) < 4.78 is 14.5. The monoisotopic (exact) mass is 284 g/mol. The van der Waals surface area contributed by atoms with Crippen molar-refractivity contribution >= 4 is 32.5 Å². The zero-order chi connectivity index (χ0) is 13.7. The van der Waals surface area contributed by atoms with Gasteiger partial charge in [0.25, 0.3) is 0 Å². The van der Waals surface area contributed by atoms with E-state index in [0.717, 1.165) is 10.2 Å². The van der Waals surface area contributed by atoms with Crippen molar-refractivity contribution < 1.29 is 9.50 Å². The minimum Gasteiger partial charge on any atom is -0.494 e. The van der Waals surface area contributed by atoms with Gasteiger partial charge in [0.15, 0.2) is 5.88 Å². The first-order valence-electron chi connectivity index (χ1n) is 6.08. The van der Waals surface area contributed by atoms with Gasteiger partial charge in [0, 0.05) is 10.9 Å². The molecule has 2 aromatic heterocycles. The molecule has 3 nitrogen and oxygen atoms in total. The number of aromatic amines is 1. The first-order valence-corrected chi connectivity index (χ1v) is 6.90. The molecule has 0 aliphatic rings. The number of benzene rings is 2. The molecular weight excluding hydrogens is 275 g/mol. The summed E-state index contributed by atoms with van der Waals surface area (Å²) in [6, 6.07) is 12.1. The molecule has 0 saturated heterocycles. The standard InChI is InChI=1S/C15H9FN2OS/c16-8-5-6-10-9(7-8)13(14(19)17-10)15-18-11-3-1-2-4-12(11)20-15/h1-7,17,19H. The van der Waals surface area contributed by atoms with Crippen LogP contribution < -0.4 is 0 Å². The molecule has 4 rings (SSSR count). The maximum Gasteiger partial charge on any atom is 0.199 e. The van der Waals surface area contributed by atoms with Gasteiger partial charge in [0.1, 0.15) is 10.8 Å². The SMILES string of the molecule is Oc1[nH]c2ccc(F)cc2c1-c1nc2ccccc2s1. The minimum atomic E-state index is -0.334. The van der Waals surface area contributed by atoms with Gasteiger partial charge in [0.05, 0.1) is 15.8 Å². The lowest BCUT2D eigenvalue weighted by atomic mass is 10.2. The van der Waals surface area contributed by atoms with Crippen LogP contribution >= 0.6 is 11.3 Å². The minimum absolute atomic E-state index is 0.0182. The van der Waals surface area contributed by atoms with Gasteiger partial charge in [-0.15, -0.1) is 11.3 Å². The molecule has 0 radical (unpaired) electrons. The molecule has 2 N–H and O–H groups in total. The zero-order valence-electron chi connectivity index (χ0n) is 10.2. The number of thiazole rings is 1. The van der Waals surface area contributed by atoms with E-state index >= 15 is 0 Å². The lowest BCUT2D eigenvalue weighted by Crippen LogP contribution is -1.76. The Morgan fingerprint density at radius 1 is 1.15 bits per heavy atom. The largest absolute Gasteiger partial charge is 0.494 e. The second-order valence-corrected chi connectivity index (χ2v) is 5.56. The average molecular weight is 284 g/mol. The summed E-state index contributed by atoms with van der Waals surface area (Å²) in [6.45, 7) is 0. The molecule has 0 spiro atoms. The predicted octanol–water partition coefficient (Wildman–Crippen LogP) is 4.29. The summed E-state index contributed by atoms with van der Waals surface area (Å²) in [4.78, 5) is 7.36. The third kappa shape index (κ3) is 1.60. The second-order valence-electron chi connectivity index (χ2n) is 4.53. The van der Waals surface area contributed by atoms with Crippen molar-refractivity contribution in [1.29, 1.82) is 0 Å². The number of rotatable bonds is 1. The van der Waals surface area contributed by atoms with E-state index in [1.54, 1.807) is 6.07 Å². The van der Waals surface area contributed by atoms with E-state index in [0.29, 0.717) is 21.5 Å². The van der Waals surface area contributed by atoms with Gasteiger partial charge in [-0.1, -0.05) is 12.1 Å². The summed E-state index contributed by atoms with van der Waals surface area (Å²) in [5.41, 5.74) is 2.12. The Morgan fingerprint density at radius 2 is 2.00 bits per heavy atom. The second kappa shape index (κ2) is 4.05. The number of hydrogen-bond donors (Lipinski definition) is 2. The molecular formula is C15H9FN2OS. The quantitative estimate of drug-likeness (QED) is 0.548. The van der Waals surface area contributed by atoms with E-state index < -0.39 is 0 Å². The summed E-state index contributed by atoms with van der Waals surface area (Å²) >= 11 is 1.48. The van der Waals surface area contributed by atoms with Gasteiger partial charge < -0.3 is 10.1 Å². The van der Waals surface area contributed by atoms with Gasteiger partial charge in [-0.05, 0) is 30.3 Å². The molecule has 0 aliphatic heterocycles. The smallest absolute Gasteiger partial charge is 0.199 e. The Morgan fingerprint density at radius 3 is 2.85 bits per heavy atom. The topological polar surface area (TPSA) is 48.9 Å². The lowest BCUT2D eigenvalue weighted by molar-refractivity contribution is 0.460. The first kappa shape index (κ1) is 11.4. The van der Waals surface area contributed by atoms with Crippen molar-refractivity contribution in [2.75, 3.05) is 0 Å². The summed E-state index contributed by atoms with van der Waals surface area (Å²) in [6.07, 6.45) is 0. The fraction of sp³-hybridized carbons (Fsp3) is 0. The number of nitrogens with one attached hydrogen (secondary N) is 1. The van der Waals surface area contributed by atoms with Crippen LogP contribution in [0.2, 0.25) is 0 Å². The Balaban J connectivity index is 2.05. The Hall–Kier alpha value is -2.40. The molecule has 0 amide bonds. The number of nitrogens with zero attached hydrogens (tertiary/aromatic N) is 1. The first-order chi connectivity index (χ1) is 9.72. The highest BCUT2D eigenvalue weighted by molar-refractivity contribution is 7.21. The van der Waals surface area contributed by atoms with E-state index in [-0.39, 0.29) is 11.7 Å². The van der Waals surface area contributed by atoms with Crippen molar-refractivity contribution in [2.45, 2.75) is 0 Å². The molecule has 20 heavy (non-hydrogen) atoms. The van der Waals surface area contributed by atoms with Crippen LogP contribution in [0.5, 0.6) is 5.88 Å². The number of hydrogen-bond acceptors (Lipinski definition) is 3. The van der Waals surface area contributed by atoms with E-state index in [1.165, 1.54) is 23.5 Å². The van der Waals surface area contributed by atoms with Gasteiger partial charge in [0.2, 0.25) is 0 Å². The number of H-pyrrole nitrogens is 1. The average Bonchev–Trinajstić information content (AvgIpc) is 2.97. The molecule has 4 aromatic rings. The third-order valence-corrected chi connectivity index (χ3v) is 4.30. The van der Waals surface area contributed by atoms with E-state index in [9.17, 15) is 9.50 Å². The molecule has 0 unspecified atom stereocenters. The number of para-hydroxylation sites is 1. The predicted molar refractivity (Wildman–Crippen MR) is 78.5 cm³/mol. The molecule has 2 aromatic carbocycles. The molecule has 0 bridgehead atoms. The van der Waals surface area contributed by atoms with Crippen molar-refractivity contribution in [3.8, 4) is 16.5 Å². The molecule has 2 heterocycles. The highest BCUT2D eigenvalue weighted by Gasteiger charge is 2.17. The Kier molecular flexibility index (Phi) is 2.31. The van der Waals surface area contributed by atoms with Crippen LogP contribution in [0, 0.1) is 5.82 Å². The normalized spacial score (nSPS) is 11.4. The van der Waals surface area contributed by atoms with Gasteiger partial charge in [-0.25, -0.2) is 9.37 Å². The van der Waals surface area contributed by atoms with Gasteiger partial charge in [-0.2, -0.15) is 0 Å². The van der Waals surface area contributed by atoms with Crippen LogP contribution in [0.4, 0.5) is 4.39 Å². The van der Waals surface area contributed by atoms with E-state index in [1.807, 2.05) is 24.3 Å². The fourth-order valence-corrected chi connectivity index (χ4v) is 3.37. The molecule has 0 saturated carbocycles. The number of aromatic hydroxyl groups is 1. The Labute approximate surface area is 117 Å². The molecule has 98 valence electrons. The number of halogens is 1. The molecule has 0 aliphatic carbocycles. The lowest BCUT2D eigenvalue weighted by Gasteiger charge is -1.95. The highest BCUT2D eigenvalue weighted by Crippen LogP contribution is 2.40. The van der Waals surface area contributed by atoms with Crippen LogP contribution in [0.1, 0.15) is 0 Å². The van der Waals surface area contributed by atoms with Crippen LogP contribution in [-0.2, 0) is 0 Å². The number of fused-ring (bicyclic) bond motifs is 2. The number of aromatic nitrogens is 2. The fourth-order valence-electron chi connectivity index (χ4n) is 2.35. The van der Waals surface area contributed by atoms with Crippen LogP contribution in [-0.4, -0.2) is 15.1 Å². The molecule has 0 atom stereocenters. The van der Waals surface area contributed by atoms with Gasteiger partial charge >= 0.3 is 0 Å². The highest BCUT2D eigenvalue weighted by atomic mass is 32.1. The van der Waals surface area contributed by atoms with Gasteiger partial charge in [-0.3, -0.25) is 0 Å². The van der Waals surface area contributed by atoms with Crippen molar-refractivity contribution in [2.24, 2.45) is 0 Å².